The molecule has 1 heterocycles. The van der Waals surface area contributed by atoms with Crippen LogP contribution in [0.2, 0.25) is 0 Å². The Morgan fingerprint density at radius 3 is 2.33 bits per heavy atom. The summed E-state index contributed by atoms with van der Waals surface area (Å²) in [6, 6.07) is 11.4. The highest BCUT2D eigenvalue weighted by Crippen LogP contribution is 2.39. The number of hydrogen-bond donors (Lipinski definition) is 1. The number of halogens is 1. The number of nitrogens with zero attached hydrogens (tertiary/aromatic N) is 1. The van der Waals surface area contributed by atoms with E-state index in [1.807, 2.05) is 6.92 Å². The van der Waals surface area contributed by atoms with Crippen molar-refractivity contribution in [3.8, 4) is 5.75 Å². The fourth-order valence-electron chi connectivity index (χ4n) is 3.38. The molecule has 1 fully saturated rings. The third-order valence-electron chi connectivity index (χ3n) is 4.86. The molecule has 1 aliphatic heterocycles. The van der Waals surface area contributed by atoms with Gasteiger partial charge in [-0.25, -0.2) is 4.39 Å². The number of carbonyl (C=O) groups excluding carboxylic acids is 2. The normalized spacial score (nSPS) is 18.1. The lowest BCUT2D eigenvalue weighted by Crippen LogP contribution is -2.32. The Bertz CT molecular complexity index is 937. The third-order valence-corrected chi connectivity index (χ3v) is 4.86. The van der Waals surface area contributed by atoms with E-state index in [1.54, 1.807) is 24.3 Å². The van der Waals surface area contributed by atoms with Crippen LogP contribution in [0, 0.1) is 5.82 Å². The Balaban J connectivity index is 2.06. The molecule has 1 atom stereocenters. The number of rotatable bonds is 8. The van der Waals surface area contributed by atoms with E-state index in [2.05, 4.69) is 0 Å². The van der Waals surface area contributed by atoms with Crippen LogP contribution in [0.5, 0.6) is 5.75 Å². The Morgan fingerprint density at radius 1 is 1.07 bits per heavy atom. The second-order valence-electron chi connectivity index (χ2n) is 6.91. The highest BCUT2D eigenvalue weighted by molar-refractivity contribution is 6.46. The highest BCUT2D eigenvalue weighted by atomic mass is 19.1. The molecule has 3 rings (SSSR count). The van der Waals surface area contributed by atoms with Crippen LogP contribution in [0.15, 0.2) is 54.1 Å². The molecule has 1 unspecified atom stereocenters. The summed E-state index contributed by atoms with van der Waals surface area (Å²) in [5.74, 6) is -1.64. The van der Waals surface area contributed by atoms with Gasteiger partial charge in [-0.3, -0.25) is 9.59 Å². The van der Waals surface area contributed by atoms with Gasteiger partial charge in [-0.1, -0.05) is 19.1 Å². The van der Waals surface area contributed by atoms with E-state index >= 15 is 0 Å². The molecule has 1 amide bonds. The second-order valence-corrected chi connectivity index (χ2v) is 6.91. The molecule has 0 saturated carbocycles. The molecule has 1 saturated heterocycles. The predicted molar refractivity (Wildman–Crippen MR) is 110 cm³/mol. The fraction of sp³-hybridized carbons (Fsp3) is 0.304. The van der Waals surface area contributed by atoms with E-state index in [0.29, 0.717) is 17.9 Å². The summed E-state index contributed by atoms with van der Waals surface area (Å²) < 4.78 is 24.0. The van der Waals surface area contributed by atoms with E-state index in [1.165, 1.54) is 36.3 Å². The third kappa shape index (κ3) is 4.36. The monoisotopic (exact) mass is 413 g/mol. The van der Waals surface area contributed by atoms with Crippen LogP contribution in [0.25, 0.3) is 5.76 Å². The first-order chi connectivity index (χ1) is 14.5. The summed E-state index contributed by atoms with van der Waals surface area (Å²) in [4.78, 5) is 26.9. The van der Waals surface area contributed by atoms with Crippen molar-refractivity contribution >= 4 is 17.4 Å². The maximum absolute atomic E-state index is 13.3. The van der Waals surface area contributed by atoms with Crippen molar-refractivity contribution in [3.05, 3.63) is 71.0 Å². The van der Waals surface area contributed by atoms with Gasteiger partial charge in [-0.15, -0.1) is 0 Å². The van der Waals surface area contributed by atoms with Crippen molar-refractivity contribution in [3.63, 3.8) is 0 Å². The van der Waals surface area contributed by atoms with Gasteiger partial charge < -0.3 is 19.5 Å². The number of amides is 1. The molecule has 6 nitrogen and oxygen atoms in total. The van der Waals surface area contributed by atoms with E-state index in [0.717, 1.165) is 6.42 Å². The summed E-state index contributed by atoms with van der Waals surface area (Å²) in [7, 11) is 1.50. The largest absolute Gasteiger partial charge is 0.507 e. The minimum Gasteiger partial charge on any atom is -0.507 e. The minimum absolute atomic E-state index is 0.0371. The summed E-state index contributed by atoms with van der Waals surface area (Å²) in [5.41, 5.74) is 0.872. The Hall–Kier alpha value is -3.19. The lowest BCUT2D eigenvalue weighted by Gasteiger charge is -2.25. The molecule has 0 aliphatic carbocycles. The van der Waals surface area contributed by atoms with Crippen LogP contribution in [0.4, 0.5) is 4.39 Å². The number of aliphatic hydroxyl groups excluding tert-OH is 1. The van der Waals surface area contributed by atoms with Crippen LogP contribution < -0.4 is 4.74 Å². The Kier molecular flexibility index (Phi) is 6.84. The smallest absolute Gasteiger partial charge is 0.295 e. The van der Waals surface area contributed by atoms with Crippen molar-refractivity contribution in [1.29, 1.82) is 0 Å². The van der Waals surface area contributed by atoms with Crippen molar-refractivity contribution < 1.29 is 28.6 Å². The molecule has 7 heteroatoms. The average molecular weight is 413 g/mol. The molecular formula is C23H24FNO5. The molecule has 1 N–H and O–H groups in total. The molecule has 0 spiro atoms. The summed E-state index contributed by atoms with van der Waals surface area (Å²) in [5, 5.41) is 10.8. The lowest BCUT2D eigenvalue weighted by atomic mass is 9.95. The van der Waals surface area contributed by atoms with Gasteiger partial charge in [0, 0.05) is 19.2 Å². The number of benzene rings is 2. The standard InChI is InChI=1S/C23H24FNO5/c1-3-13-30-18-10-6-15(7-11-18)20-19(21(26)16-4-8-17(24)9-5-16)22(27)23(28)25(20)12-14-29-2/h4-11,20,26H,3,12-14H2,1-2H3/b21-19-. The Morgan fingerprint density at radius 2 is 1.73 bits per heavy atom. The molecule has 1 aliphatic rings. The van der Waals surface area contributed by atoms with Gasteiger partial charge in [0.2, 0.25) is 0 Å². The second kappa shape index (κ2) is 9.54. The number of aliphatic hydroxyl groups is 1. The number of ether oxygens (including phenoxy) is 2. The topological polar surface area (TPSA) is 76.1 Å². The van der Waals surface area contributed by atoms with Gasteiger partial charge >= 0.3 is 0 Å². The predicted octanol–water partition coefficient (Wildman–Crippen LogP) is 3.68. The fourth-order valence-corrected chi connectivity index (χ4v) is 3.38. The van der Waals surface area contributed by atoms with Gasteiger partial charge in [0.15, 0.2) is 0 Å². The number of Topliss-reactive ketones (excluding diaryl/α,β-unsaturated/α-hetero) is 1. The van der Waals surface area contributed by atoms with Crippen LogP contribution >= 0.6 is 0 Å². The van der Waals surface area contributed by atoms with Gasteiger partial charge in [-0.05, 0) is 48.4 Å². The van der Waals surface area contributed by atoms with E-state index < -0.39 is 23.5 Å². The number of likely N-dealkylation sites (tertiary alicyclic amines) is 1. The first-order valence-electron chi connectivity index (χ1n) is 9.74. The molecule has 2 aromatic carbocycles. The van der Waals surface area contributed by atoms with Crippen molar-refractivity contribution in [2.24, 2.45) is 0 Å². The first kappa shape index (κ1) is 21.5. The first-order valence-corrected chi connectivity index (χ1v) is 9.74. The van der Waals surface area contributed by atoms with Crippen molar-refractivity contribution in [2.75, 3.05) is 26.9 Å². The summed E-state index contributed by atoms with van der Waals surface area (Å²) in [6.07, 6.45) is 0.872. The van der Waals surface area contributed by atoms with Gasteiger partial charge in [0.25, 0.3) is 11.7 Å². The van der Waals surface area contributed by atoms with Gasteiger partial charge in [0.05, 0.1) is 24.8 Å². The summed E-state index contributed by atoms with van der Waals surface area (Å²) in [6.45, 7) is 3.00. The number of methoxy groups -OCH3 is 1. The van der Waals surface area contributed by atoms with Crippen molar-refractivity contribution in [1.82, 2.24) is 4.90 Å². The van der Waals surface area contributed by atoms with Crippen LogP contribution in [0.3, 0.4) is 0 Å². The number of ketones is 1. The van der Waals surface area contributed by atoms with E-state index in [-0.39, 0.29) is 30.0 Å². The molecular weight excluding hydrogens is 389 g/mol. The van der Waals surface area contributed by atoms with Crippen LogP contribution in [0.1, 0.15) is 30.5 Å². The molecule has 0 radical (unpaired) electrons. The van der Waals surface area contributed by atoms with Crippen LogP contribution in [-0.4, -0.2) is 48.6 Å². The Labute approximate surface area is 174 Å². The number of hydrogen-bond acceptors (Lipinski definition) is 5. The van der Waals surface area contributed by atoms with E-state index in [4.69, 9.17) is 9.47 Å². The lowest BCUT2D eigenvalue weighted by molar-refractivity contribution is -0.140. The number of carbonyl (C=O) groups is 2. The molecule has 2 aromatic rings. The average Bonchev–Trinajstić information content (AvgIpc) is 3.01. The molecule has 30 heavy (non-hydrogen) atoms. The van der Waals surface area contributed by atoms with Crippen LogP contribution in [-0.2, 0) is 14.3 Å². The van der Waals surface area contributed by atoms with Crippen molar-refractivity contribution in [2.45, 2.75) is 19.4 Å². The van der Waals surface area contributed by atoms with E-state index in [9.17, 15) is 19.1 Å². The zero-order valence-electron chi connectivity index (χ0n) is 16.9. The molecule has 0 bridgehead atoms. The van der Waals surface area contributed by atoms with Gasteiger partial charge in [0.1, 0.15) is 17.3 Å². The maximum Gasteiger partial charge on any atom is 0.295 e. The highest BCUT2D eigenvalue weighted by Gasteiger charge is 2.45. The molecule has 158 valence electrons. The zero-order chi connectivity index (χ0) is 21.7. The van der Waals surface area contributed by atoms with Gasteiger partial charge in [-0.2, -0.15) is 0 Å². The maximum atomic E-state index is 13.3. The summed E-state index contributed by atoms with van der Waals surface area (Å²) >= 11 is 0. The SMILES string of the molecule is CCCOc1ccc(C2/C(=C(/O)c3ccc(F)cc3)C(=O)C(=O)N2CCOC)cc1. The quantitative estimate of drug-likeness (QED) is 0.406. The zero-order valence-corrected chi connectivity index (χ0v) is 16.9. The minimum atomic E-state index is -0.788. The molecule has 0 aromatic heterocycles.